The minimum atomic E-state index is -4.53. The SMILES string of the molecule is O=C(O)C(F)(F)OCC(F)F. The van der Waals surface area contributed by atoms with Crippen LogP contribution in [0.15, 0.2) is 0 Å². The summed E-state index contributed by atoms with van der Waals surface area (Å²) in [6.07, 6.45) is -7.64. The molecule has 0 rings (SSSR count). The van der Waals surface area contributed by atoms with Gasteiger partial charge in [-0.2, -0.15) is 8.78 Å². The Bertz CT molecular complexity index is 146. The molecule has 0 saturated carbocycles. The van der Waals surface area contributed by atoms with Crippen LogP contribution in [0.3, 0.4) is 0 Å². The van der Waals surface area contributed by atoms with E-state index in [-0.39, 0.29) is 0 Å². The molecule has 0 unspecified atom stereocenters. The fraction of sp³-hybridized carbons (Fsp3) is 0.750. The average molecular weight is 176 g/mol. The molecule has 0 radical (unpaired) electrons. The van der Waals surface area contributed by atoms with E-state index in [1.807, 2.05) is 0 Å². The Labute approximate surface area is 58.6 Å². The molecule has 0 aromatic carbocycles. The molecule has 3 nitrogen and oxygen atoms in total. The highest BCUT2D eigenvalue weighted by atomic mass is 19.3. The van der Waals surface area contributed by atoms with Gasteiger partial charge in [-0.05, 0) is 0 Å². The Morgan fingerprint density at radius 1 is 1.55 bits per heavy atom. The van der Waals surface area contributed by atoms with Crippen LogP contribution in [-0.4, -0.2) is 30.2 Å². The van der Waals surface area contributed by atoms with Crippen molar-refractivity contribution < 1.29 is 32.2 Å². The van der Waals surface area contributed by atoms with Crippen molar-refractivity contribution in [3.05, 3.63) is 0 Å². The van der Waals surface area contributed by atoms with Gasteiger partial charge in [-0.25, -0.2) is 13.6 Å². The first-order chi connectivity index (χ1) is 4.86. The molecule has 0 aliphatic carbocycles. The van der Waals surface area contributed by atoms with E-state index in [0.717, 1.165) is 0 Å². The number of halogens is 4. The minimum Gasteiger partial charge on any atom is -0.475 e. The van der Waals surface area contributed by atoms with E-state index in [4.69, 9.17) is 5.11 Å². The first kappa shape index (κ1) is 10.2. The van der Waals surface area contributed by atoms with E-state index >= 15 is 0 Å². The predicted octanol–water partition coefficient (Wildman–Crippen LogP) is 0.946. The smallest absolute Gasteiger partial charge is 0.456 e. The normalized spacial score (nSPS) is 12.1. The average Bonchev–Trinajstić information content (AvgIpc) is 1.84. The highest BCUT2D eigenvalue weighted by molar-refractivity contribution is 5.73. The first-order valence-corrected chi connectivity index (χ1v) is 2.39. The maximum absolute atomic E-state index is 11.8. The minimum absolute atomic E-state index is 1.60. The molecule has 0 aliphatic rings. The third kappa shape index (κ3) is 3.76. The molecule has 66 valence electrons. The molecule has 0 amide bonds. The summed E-state index contributed by atoms with van der Waals surface area (Å²) in [4.78, 5) is 9.51. The quantitative estimate of drug-likeness (QED) is 0.648. The summed E-state index contributed by atoms with van der Waals surface area (Å²) in [5, 5.41) is 7.63. The highest BCUT2D eigenvalue weighted by Gasteiger charge is 2.41. The largest absolute Gasteiger partial charge is 0.475 e. The van der Waals surface area contributed by atoms with Gasteiger partial charge in [-0.3, -0.25) is 0 Å². The number of aliphatic carboxylic acids is 1. The zero-order chi connectivity index (χ0) is 9.07. The van der Waals surface area contributed by atoms with Crippen LogP contribution in [0.4, 0.5) is 17.6 Å². The molecule has 0 heterocycles. The van der Waals surface area contributed by atoms with Crippen molar-refractivity contribution in [2.75, 3.05) is 6.61 Å². The number of rotatable bonds is 4. The van der Waals surface area contributed by atoms with Gasteiger partial charge in [0.15, 0.2) is 0 Å². The van der Waals surface area contributed by atoms with Crippen LogP contribution in [0.5, 0.6) is 0 Å². The Balaban J connectivity index is 3.83. The molecule has 0 atom stereocenters. The number of carboxylic acids is 1. The maximum atomic E-state index is 11.8. The molecule has 0 spiro atoms. The molecule has 1 N–H and O–H groups in total. The highest BCUT2D eigenvalue weighted by Crippen LogP contribution is 2.15. The van der Waals surface area contributed by atoms with Crippen LogP contribution < -0.4 is 0 Å². The van der Waals surface area contributed by atoms with Gasteiger partial charge in [-0.1, -0.05) is 0 Å². The topological polar surface area (TPSA) is 46.5 Å². The van der Waals surface area contributed by atoms with Crippen LogP contribution in [0.1, 0.15) is 0 Å². The number of carbonyl (C=O) groups is 1. The summed E-state index contributed by atoms with van der Waals surface area (Å²) in [7, 11) is 0. The van der Waals surface area contributed by atoms with Crippen LogP contribution >= 0.6 is 0 Å². The van der Waals surface area contributed by atoms with Gasteiger partial charge in [0.25, 0.3) is 6.43 Å². The molecule has 0 saturated heterocycles. The molecule has 11 heavy (non-hydrogen) atoms. The van der Waals surface area contributed by atoms with Crippen molar-refractivity contribution >= 4 is 5.97 Å². The molecular weight excluding hydrogens is 172 g/mol. The summed E-state index contributed by atoms with van der Waals surface area (Å²) in [5.41, 5.74) is 0. The first-order valence-electron chi connectivity index (χ1n) is 2.39. The van der Waals surface area contributed by atoms with Gasteiger partial charge in [-0.15, -0.1) is 0 Å². The van der Waals surface area contributed by atoms with Crippen LogP contribution in [-0.2, 0) is 9.53 Å². The molecule has 0 aromatic rings. The fourth-order valence-electron chi connectivity index (χ4n) is 0.229. The van der Waals surface area contributed by atoms with E-state index < -0.39 is 25.1 Å². The number of alkyl halides is 4. The van der Waals surface area contributed by atoms with Crippen LogP contribution in [0, 0.1) is 0 Å². The standard InChI is InChI=1S/C4H4F4O3/c5-2(6)1-11-4(7,8)3(9)10/h2H,1H2,(H,9,10). The number of ether oxygens (including phenoxy) is 1. The Hall–Kier alpha value is -0.850. The van der Waals surface area contributed by atoms with Gasteiger partial charge in [0.1, 0.15) is 6.61 Å². The molecule has 0 aliphatic heterocycles. The zero-order valence-electron chi connectivity index (χ0n) is 5.06. The molecule has 0 aromatic heterocycles. The Morgan fingerprint density at radius 2 is 2.00 bits per heavy atom. The maximum Gasteiger partial charge on any atom is 0.456 e. The lowest BCUT2D eigenvalue weighted by atomic mass is 10.6. The van der Waals surface area contributed by atoms with Crippen molar-refractivity contribution in [1.29, 1.82) is 0 Å². The zero-order valence-corrected chi connectivity index (χ0v) is 5.06. The van der Waals surface area contributed by atoms with E-state index in [1.54, 1.807) is 0 Å². The van der Waals surface area contributed by atoms with Gasteiger partial charge < -0.3 is 9.84 Å². The summed E-state index contributed by atoms with van der Waals surface area (Å²) >= 11 is 0. The van der Waals surface area contributed by atoms with E-state index in [0.29, 0.717) is 0 Å². The lowest BCUT2D eigenvalue weighted by Crippen LogP contribution is -2.33. The fourth-order valence-corrected chi connectivity index (χ4v) is 0.229. The molecule has 7 heteroatoms. The number of hydrogen-bond donors (Lipinski definition) is 1. The summed E-state index contributed by atoms with van der Waals surface area (Å²) < 4.78 is 48.9. The van der Waals surface area contributed by atoms with E-state index in [9.17, 15) is 22.4 Å². The van der Waals surface area contributed by atoms with Crippen LogP contribution in [0.25, 0.3) is 0 Å². The van der Waals surface area contributed by atoms with Crippen molar-refractivity contribution in [2.24, 2.45) is 0 Å². The second-order valence-electron chi connectivity index (χ2n) is 1.52. The third-order valence-corrected chi connectivity index (χ3v) is 0.640. The van der Waals surface area contributed by atoms with Crippen molar-refractivity contribution in [1.82, 2.24) is 0 Å². The van der Waals surface area contributed by atoms with Gasteiger partial charge in [0.05, 0.1) is 0 Å². The second kappa shape index (κ2) is 3.51. The number of carboxylic acid groups (broad SMARTS) is 1. The lowest BCUT2D eigenvalue weighted by molar-refractivity contribution is -0.254. The van der Waals surface area contributed by atoms with E-state index in [1.165, 1.54) is 0 Å². The second-order valence-corrected chi connectivity index (χ2v) is 1.52. The Kier molecular flexibility index (Phi) is 3.24. The monoisotopic (exact) mass is 176 g/mol. The summed E-state index contributed by atoms with van der Waals surface area (Å²) in [6, 6.07) is 0. The third-order valence-electron chi connectivity index (χ3n) is 0.640. The summed E-state index contributed by atoms with van der Waals surface area (Å²) in [5.74, 6) is -2.59. The predicted molar refractivity (Wildman–Crippen MR) is 24.5 cm³/mol. The lowest BCUT2D eigenvalue weighted by Gasteiger charge is -2.10. The van der Waals surface area contributed by atoms with Crippen LogP contribution in [0.2, 0.25) is 0 Å². The van der Waals surface area contributed by atoms with Gasteiger partial charge in [0, 0.05) is 0 Å². The van der Waals surface area contributed by atoms with Gasteiger partial charge in [0.2, 0.25) is 0 Å². The van der Waals surface area contributed by atoms with Crippen molar-refractivity contribution in [3.8, 4) is 0 Å². The molecule has 0 fully saturated rings. The summed E-state index contributed by atoms with van der Waals surface area (Å²) in [6.45, 7) is -1.60. The van der Waals surface area contributed by atoms with Crippen molar-refractivity contribution in [3.63, 3.8) is 0 Å². The molecular formula is C4H4F4O3. The Morgan fingerprint density at radius 3 is 2.27 bits per heavy atom. The van der Waals surface area contributed by atoms with Crippen molar-refractivity contribution in [2.45, 2.75) is 12.5 Å². The number of hydrogen-bond acceptors (Lipinski definition) is 2. The molecule has 0 bridgehead atoms. The van der Waals surface area contributed by atoms with E-state index in [2.05, 4.69) is 4.74 Å². The van der Waals surface area contributed by atoms with Gasteiger partial charge >= 0.3 is 12.1 Å².